The lowest BCUT2D eigenvalue weighted by atomic mass is 9.86. The first-order chi connectivity index (χ1) is 13.4. The Bertz CT molecular complexity index is 919. The number of carbonyl (C=O) groups excluding carboxylic acids is 2. The smallest absolute Gasteiger partial charge is 0.344 e. The third-order valence-corrected chi connectivity index (χ3v) is 5.10. The first kappa shape index (κ1) is 19.9. The highest BCUT2D eigenvalue weighted by molar-refractivity contribution is 5.82. The van der Waals surface area contributed by atoms with Gasteiger partial charge in [-0.2, -0.15) is 0 Å². The Morgan fingerprint density at radius 2 is 1.96 bits per heavy atom. The van der Waals surface area contributed by atoms with Gasteiger partial charge in [-0.1, -0.05) is 19.8 Å². The quantitative estimate of drug-likeness (QED) is 0.605. The van der Waals surface area contributed by atoms with Crippen molar-refractivity contribution in [2.45, 2.75) is 45.6 Å². The standard InChI is InChI=1S/C21H25NO6/c1-13-5-3-4-6-17(13)22-19(23)11-27-21(25)12-26-15-7-8-16-14(2)9-20(24)28-18(16)10-15/h7-10,13,17H,3-6,11-12H2,1-2H3,(H,22,23)/t13-,17+/m1/s1. The number of aryl methyl sites for hydroxylation is 1. The second kappa shape index (κ2) is 8.91. The van der Waals surface area contributed by atoms with Gasteiger partial charge in [-0.25, -0.2) is 9.59 Å². The SMILES string of the molecule is Cc1cc(=O)oc2cc(OCC(=O)OCC(=O)N[C@H]3CCCC[C@H]3C)ccc12. The van der Waals surface area contributed by atoms with Crippen molar-refractivity contribution in [1.29, 1.82) is 0 Å². The lowest BCUT2D eigenvalue weighted by Gasteiger charge is -2.29. The fourth-order valence-corrected chi connectivity index (χ4v) is 3.50. The van der Waals surface area contributed by atoms with Crippen LogP contribution in [-0.2, 0) is 14.3 Å². The van der Waals surface area contributed by atoms with E-state index in [1.807, 2.05) is 6.92 Å². The van der Waals surface area contributed by atoms with Crippen LogP contribution in [0.4, 0.5) is 0 Å². The van der Waals surface area contributed by atoms with E-state index in [-0.39, 0.29) is 25.2 Å². The first-order valence-electron chi connectivity index (χ1n) is 9.54. The molecular formula is C21H25NO6. The van der Waals surface area contributed by atoms with Crippen LogP contribution in [0, 0.1) is 12.8 Å². The van der Waals surface area contributed by atoms with Crippen molar-refractivity contribution in [3.8, 4) is 5.75 Å². The van der Waals surface area contributed by atoms with Crippen molar-refractivity contribution in [1.82, 2.24) is 5.32 Å². The molecule has 2 aromatic rings. The van der Waals surface area contributed by atoms with E-state index in [0.29, 0.717) is 17.3 Å². The summed E-state index contributed by atoms with van der Waals surface area (Å²) in [6.45, 7) is 3.28. The summed E-state index contributed by atoms with van der Waals surface area (Å²) >= 11 is 0. The van der Waals surface area contributed by atoms with E-state index < -0.39 is 11.6 Å². The second-order valence-corrected chi connectivity index (χ2v) is 7.29. The van der Waals surface area contributed by atoms with E-state index in [0.717, 1.165) is 30.2 Å². The zero-order valence-electron chi connectivity index (χ0n) is 16.2. The van der Waals surface area contributed by atoms with Crippen LogP contribution >= 0.6 is 0 Å². The summed E-state index contributed by atoms with van der Waals surface area (Å²) in [4.78, 5) is 35.3. The van der Waals surface area contributed by atoms with Crippen molar-refractivity contribution in [2.75, 3.05) is 13.2 Å². The minimum absolute atomic E-state index is 0.145. The number of hydrogen-bond acceptors (Lipinski definition) is 6. The number of esters is 1. The largest absolute Gasteiger partial charge is 0.482 e. The second-order valence-electron chi connectivity index (χ2n) is 7.29. The summed E-state index contributed by atoms with van der Waals surface area (Å²) in [6.07, 6.45) is 4.36. The van der Waals surface area contributed by atoms with Crippen LogP contribution in [0.1, 0.15) is 38.2 Å². The maximum absolute atomic E-state index is 12.0. The minimum Gasteiger partial charge on any atom is -0.482 e. The monoisotopic (exact) mass is 387 g/mol. The van der Waals surface area contributed by atoms with Gasteiger partial charge in [-0.15, -0.1) is 0 Å². The Morgan fingerprint density at radius 1 is 1.18 bits per heavy atom. The zero-order valence-corrected chi connectivity index (χ0v) is 16.2. The normalized spacial score (nSPS) is 19.2. The van der Waals surface area contributed by atoms with Crippen LogP contribution in [0.3, 0.4) is 0 Å². The number of amides is 1. The Morgan fingerprint density at radius 3 is 2.75 bits per heavy atom. The highest BCUT2D eigenvalue weighted by Crippen LogP contribution is 2.24. The van der Waals surface area contributed by atoms with Gasteiger partial charge < -0.3 is 19.2 Å². The maximum Gasteiger partial charge on any atom is 0.344 e. The summed E-state index contributed by atoms with van der Waals surface area (Å²) in [5.74, 6) is -0.125. The van der Waals surface area contributed by atoms with Crippen molar-refractivity contribution < 1.29 is 23.5 Å². The molecule has 0 radical (unpaired) electrons. The number of carbonyl (C=O) groups is 2. The highest BCUT2D eigenvalue weighted by atomic mass is 16.6. The molecule has 1 aliphatic carbocycles. The first-order valence-corrected chi connectivity index (χ1v) is 9.54. The van der Waals surface area contributed by atoms with Crippen LogP contribution in [0.5, 0.6) is 5.75 Å². The Kier molecular flexibility index (Phi) is 6.34. The topological polar surface area (TPSA) is 94.8 Å². The van der Waals surface area contributed by atoms with Crippen molar-refractivity contribution in [3.05, 3.63) is 40.2 Å². The number of fused-ring (bicyclic) bond motifs is 1. The molecule has 1 aromatic carbocycles. The molecule has 0 saturated heterocycles. The van der Waals surface area contributed by atoms with Crippen LogP contribution in [0.2, 0.25) is 0 Å². The summed E-state index contributed by atoms with van der Waals surface area (Å²) in [5, 5.41) is 3.72. The fourth-order valence-electron chi connectivity index (χ4n) is 3.50. The molecule has 1 heterocycles. The molecule has 0 bridgehead atoms. The number of nitrogens with one attached hydrogen (secondary N) is 1. The summed E-state index contributed by atoms with van der Waals surface area (Å²) in [6, 6.07) is 6.55. The number of benzene rings is 1. The van der Waals surface area contributed by atoms with E-state index in [2.05, 4.69) is 12.2 Å². The van der Waals surface area contributed by atoms with Gasteiger partial charge in [0.15, 0.2) is 13.2 Å². The van der Waals surface area contributed by atoms with Crippen molar-refractivity contribution in [3.63, 3.8) is 0 Å². The third-order valence-electron chi connectivity index (χ3n) is 5.10. The molecule has 7 nitrogen and oxygen atoms in total. The van der Waals surface area contributed by atoms with Gasteiger partial charge in [0.25, 0.3) is 5.91 Å². The lowest BCUT2D eigenvalue weighted by Crippen LogP contribution is -2.43. The Balaban J connectivity index is 1.47. The molecule has 1 saturated carbocycles. The van der Waals surface area contributed by atoms with E-state index in [9.17, 15) is 14.4 Å². The number of ether oxygens (including phenoxy) is 2. The van der Waals surface area contributed by atoms with Crippen LogP contribution in [0.15, 0.2) is 33.5 Å². The van der Waals surface area contributed by atoms with E-state index in [4.69, 9.17) is 13.9 Å². The molecule has 28 heavy (non-hydrogen) atoms. The van der Waals surface area contributed by atoms with Gasteiger partial charge >= 0.3 is 11.6 Å². The van der Waals surface area contributed by atoms with Crippen LogP contribution < -0.4 is 15.7 Å². The van der Waals surface area contributed by atoms with Crippen molar-refractivity contribution >= 4 is 22.8 Å². The van der Waals surface area contributed by atoms with Crippen LogP contribution in [-0.4, -0.2) is 31.1 Å². The van der Waals surface area contributed by atoms with Crippen LogP contribution in [0.25, 0.3) is 11.0 Å². The zero-order chi connectivity index (χ0) is 20.1. The predicted molar refractivity (Wildman–Crippen MR) is 103 cm³/mol. The maximum atomic E-state index is 12.0. The van der Waals surface area contributed by atoms with E-state index >= 15 is 0 Å². The van der Waals surface area contributed by atoms with Crippen molar-refractivity contribution in [2.24, 2.45) is 5.92 Å². The number of rotatable bonds is 6. The molecule has 1 aromatic heterocycles. The predicted octanol–water partition coefficient (Wildman–Crippen LogP) is 2.72. The molecule has 1 N–H and O–H groups in total. The van der Waals surface area contributed by atoms with Gasteiger partial charge in [-0.3, -0.25) is 4.79 Å². The van der Waals surface area contributed by atoms with Gasteiger partial charge in [0.05, 0.1) is 0 Å². The Labute approximate surface area is 163 Å². The molecule has 7 heteroatoms. The van der Waals surface area contributed by atoms with E-state index in [1.165, 1.54) is 12.5 Å². The summed E-state index contributed by atoms with van der Waals surface area (Å²) in [5.41, 5.74) is 0.743. The molecule has 0 aliphatic heterocycles. The van der Waals surface area contributed by atoms with E-state index in [1.54, 1.807) is 18.2 Å². The van der Waals surface area contributed by atoms with Gasteiger partial charge in [-0.05, 0) is 43.4 Å². The molecule has 0 spiro atoms. The molecule has 1 amide bonds. The minimum atomic E-state index is -0.641. The van der Waals surface area contributed by atoms with Gasteiger partial charge in [0.1, 0.15) is 11.3 Å². The number of hydrogen-bond donors (Lipinski definition) is 1. The fraction of sp³-hybridized carbons (Fsp3) is 0.476. The summed E-state index contributed by atoms with van der Waals surface area (Å²) in [7, 11) is 0. The molecule has 150 valence electrons. The Hall–Kier alpha value is -2.83. The lowest BCUT2D eigenvalue weighted by molar-refractivity contribution is -0.150. The molecule has 0 unspecified atom stereocenters. The average Bonchev–Trinajstić information content (AvgIpc) is 2.66. The molecule has 2 atom stereocenters. The van der Waals surface area contributed by atoms with Gasteiger partial charge in [0, 0.05) is 23.6 Å². The molecular weight excluding hydrogens is 362 g/mol. The third kappa shape index (κ3) is 5.12. The highest BCUT2D eigenvalue weighted by Gasteiger charge is 2.23. The summed E-state index contributed by atoms with van der Waals surface area (Å²) < 4.78 is 15.5. The molecule has 1 aliphatic rings. The van der Waals surface area contributed by atoms with Gasteiger partial charge in [0.2, 0.25) is 0 Å². The molecule has 3 rings (SSSR count). The average molecular weight is 387 g/mol. The molecule has 1 fully saturated rings.